The van der Waals surface area contributed by atoms with Crippen molar-refractivity contribution in [2.45, 2.75) is 44.7 Å². The van der Waals surface area contributed by atoms with E-state index in [1.165, 1.54) is 0 Å². The lowest BCUT2D eigenvalue weighted by molar-refractivity contribution is -0.130. The van der Waals surface area contributed by atoms with E-state index < -0.39 is 5.72 Å². The van der Waals surface area contributed by atoms with Gasteiger partial charge in [-0.25, -0.2) is 0 Å². The fraction of sp³-hybridized carbons (Fsp3) is 0.429. The summed E-state index contributed by atoms with van der Waals surface area (Å²) in [5, 5.41) is 4.86. The Kier molecular flexibility index (Phi) is 6.95. The van der Waals surface area contributed by atoms with Crippen LogP contribution in [0.25, 0.3) is 10.8 Å². The summed E-state index contributed by atoms with van der Waals surface area (Å²) in [5.74, 6) is 0.0913. The fourth-order valence-corrected chi connectivity index (χ4v) is 2.82. The third kappa shape index (κ3) is 5.39. The van der Waals surface area contributed by atoms with Crippen LogP contribution in [0.5, 0.6) is 0 Å². The van der Waals surface area contributed by atoms with Crippen molar-refractivity contribution in [2.75, 3.05) is 6.61 Å². The van der Waals surface area contributed by atoms with E-state index in [1.54, 1.807) is 13.8 Å². The number of fused-ring (bicyclic) bond motifs is 1. The summed E-state index contributed by atoms with van der Waals surface area (Å²) in [5.41, 5.74) is -0.134. The van der Waals surface area contributed by atoms with Crippen LogP contribution in [-0.2, 0) is 9.53 Å². The molecule has 0 bridgehead atoms. The molecule has 2 aromatic carbocycles. The topological polar surface area (TPSA) is 55.4 Å². The van der Waals surface area contributed by atoms with Crippen molar-refractivity contribution in [3.05, 3.63) is 48.0 Å². The smallest absolute Gasteiger partial charge is 0.236 e. The fourth-order valence-electron chi connectivity index (χ4n) is 2.71. The van der Waals surface area contributed by atoms with Crippen molar-refractivity contribution in [3.63, 3.8) is 0 Å². The van der Waals surface area contributed by atoms with E-state index >= 15 is 0 Å². The van der Waals surface area contributed by atoms with Gasteiger partial charge in [-0.1, -0.05) is 72.2 Å². The molecule has 4 nitrogen and oxygen atoms in total. The lowest BCUT2D eigenvalue weighted by Crippen LogP contribution is -2.49. The van der Waals surface area contributed by atoms with Gasteiger partial charge in [-0.15, -0.1) is 0 Å². The third-order valence-corrected chi connectivity index (χ3v) is 5.62. The van der Waals surface area contributed by atoms with Crippen molar-refractivity contribution < 1.29 is 14.3 Å². The van der Waals surface area contributed by atoms with Crippen LogP contribution in [0, 0.1) is 5.92 Å². The summed E-state index contributed by atoms with van der Waals surface area (Å²) in [6.07, 6.45) is 0.259. The van der Waals surface area contributed by atoms with E-state index in [4.69, 9.17) is 4.74 Å². The average molecular weight is 420 g/mol. The molecule has 0 aliphatic heterocycles. The molecule has 0 fully saturated rings. The minimum absolute atomic E-state index is 0.0319. The molecule has 140 valence electrons. The summed E-state index contributed by atoms with van der Waals surface area (Å²) in [7, 11) is 0. The maximum Gasteiger partial charge on any atom is 0.236 e. The monoisotopic (exact) mass is 419 g/mol. The van der Waals surface area contributed by atoms with E-state index in [9.17, 15) is 9.59 Å². The first-order chi connectivity index (χ1) is 12.2. The highest BCUT2D eigenvalue weighted by atomic mass is 79.9. The Hall–Kier alpha value is -1.72. The van der Waals surface area contributed by atoms with Gasteiger partial charge in [0.2, 0.25) is 5.91 Å². The molecule has 0 aliphatic carbocycles. The van der Waals surface area contributed by atoms with Gasteiger partial charge in [-0.2, -0.15) is 0 Å². The molecule has 0 saturated carbocycles. The molecule has 1 unspecified atom stereocenters. The first-order valence-electron chi connectivity index (χ1n) is 8.82. The number of hydrogen-bond acceptors (Lipinski definition) is 3. The summed E-state index contributed by atoms with van der Waals surface area (Å²) < 4.78 is 5.76. The van der Waals surface area contributed by atoms with Crippen LogP contribution in [0.3, 0.4) is 0 Å². The molecule has 0 heterocycles. The number of alkyl halides is 1. The number of carbonyl (C=O) groups is 2. The first kappa shape index (κ1) is 20.6. The number of carbonyl (C=O) groups excluding carboxylic acids is 2. The predicted molar refractivity (Wildman–Crippen MR) is 109 cm³/mol. The first-order valence-corrected chi connectivity index (χ1v) is 9.74. The van der Waals surface area contributed by atoms with Gasteiger partial charge in [0.25, 0.3) is 0 Å². The molecule has 26 heavy (non-hydrogen) atoms. The quantitative estimate of drug-likeness (QED) is 0.383. The molecule has 5 heteroatoms. The standard InChI is InChI=1S/C21H26BrNO3/c1-14(2)19(22)20(25)23-21(3,4)26-13-12-18(24)17-11-7-9-15-8-5-6-10-16(15)17/h5-11,14,19H,12-13H2,1-4H3,(H,23,25). The summed E-state index contributed by atoms with van der Waals surface area (Å²) >= 11 is 3.38. The lowest BCUT2D eigenvalue weighted by Gasteiger charge is -2.28. The zero-order chi connectivity index (χ0) is 19.3. The number of nitrogens with one attached hydrogen (secondary N) is 1. The van der Waals surface area contributed by atoms with E-state index in [0.717, 1.165) is 10.8 Å². The Morgan fingerprint density at radius 3 is 2.46 bits per heavy atom. The van der Waals surface area contributed by atoms with Gasteiger partial charge in [-0.3, -0.25) is 9.59 Å². The largest absolute Gasteiger partial charge is 0.356 e. The van der Waals surface area contributed by atoms with Crippen LogP contribution in [0.1, 0.15) is 44.5 Å². The maximum absolute atomic E-state index is 12.6. The van der Waals surface area contributed by atoms with Crippen LogP contribution >= 0.6 is 15.9 Å². The van der Waals surface area contributed by atoms with Crippen molar-refractivity contribution in [1.29, 1.82) is 0 Å². The summed E-state index contributed by atoms with van der Waals surface area (Å²) in [6, 6.07) is 13.6. The number of ether oxygens (including phenoxy) is 1. The Morgan fingerprint density at radius 1 is 1.12 bits per heavy atom. The van der Waals surface area contributed by atoms with Gasteiger partial charge in [0.05, 0.1) is 11.4 Å². The second-order valence-corrected chi connectivity index (χ2v) is 8.18. The molecule has 2 rings (SSSR count). The zero-order valence-electron chi connectivity index (χ0n) is 15.7. The van der Waals surface area contributed by atoms with Crippen LogP contribution in [0.4, 0.5) is 0 Å². The number of ketones is 1. The van der Waals surface area contributed by atoms with Gasteiger partial charge in [-0.05, 0) is 30.5 Å². The molecule has 1 N–H and O–H groups in total. The number of benzene rings is 2. The highest BCUT2D eigenvalue weighted by Crippen LogP contribution is 2.20. The molecule has 0 aromatic heterocycles. The van der Waals surface area contributed by atoms with Crippen LogP contribution in [0.15, 0.2) is 42.5 Å². The minimum Gasteiger partial charge on any atom is -0.356 e. The normalized spacial score (nSPS) is 13.0. The second kappa shape index (κ2) is 8.78. The van der Waals surface area contributed by atoms with E-state index in [1.807, 2.05) is 56.3 Å². The Morgan fingerprint density at radius 2 is 1.77 bits per heavy atom. The molecule has 0 aliphatic rings. The Balaban J connectivity index is 1.94. The zero-order valence-corrected chi connectivity index (χ0v) is 17.3. The maximum atomic E-state index is 12.6. The highest BCUT2D eigenvalue weighted by molar-refractivity contribution is 9.10. The molecular weight excluding hydrogens is 394 g/mol. The van der Waals surface area contributed by atoms with Crippen molar-refractivity contribution in [2.24, 2.45) is 5.92 Å². The minimum atomic E-state index is -0.836. The van der Waals surface area contributed by atoms with E-state index in [0.29, 0.717) is 5.56 Å². The van der Waals surface area contributed by atoms with Crippen molar-refractivity contribution in [3.8, 4) is 0 Å². The Bertz CT molecular complexity index is 780. The van der Waals surface area contributed by atoms with Crippen LogP contribution in [-0.4, -0.2) is 28.8 Å². The van der Waals surface area contributed by atoms with E-state index in [2.05, 4.69) is 21.2 Å². The summed E-state index contributed by atoms with van der Waals surface area (Å²) in [6.45, 7) is 7.75. The summed E-state index contributed by atoms with van der Waals surface area (Å²) in [4.78, 5) is 24.5. The van der Waals surface area contributed by atoms with Crippen LogP contribution < -0.4 is 5.32 Å². The van der Waals surface area contributed by atoms with Crippen molar-refractivity contribution in [1.82, 2.24) is 5.32 Å². The third-order valence-electron chi connectivity index (χ3n) is 4.14. The molecule has 0 spiro atoms. The van der Waals surface area contributed by atoms with Gasteiger partial charge < -0.3 is 10.1 Å². The molecule has 2 aromatic rings. The van der Waals surface area contributed by atoms with Crippen LogP contribution in [0.2, 0.25) is 0 Å². The molecule has 0 saturated heterocycles. The van der Waals surface area contributed by atoms with E-state index in [-0.39, 0.29) is 35.5 Å². The SMILES string of the molecule is CC(C)C(Br)C(=O)NC(C)(C)OCCC(=O)c1cccc2ccccc12. The number of Topliss-reactive ketones (excluding diaryl/α,β-unsaturated/α-hetero) is 1. The molecule has 0 radical (unpaired) electrons. The number of halogens is 1. The van der Waals surface area contributed by atoms with Gasteiger partial charge in [0.15, 0.2) is 5.78 Å². The molecular formula is C21H26BrNO3. The number of hydrogen-bond donors (Lipinski definition) is 1. The predicted octanol–water partition coefficient (Wildman–Crippen LogP) is 4.70. The van der Waals surface area contributed by atoms with Gasteiger partial charge in [0, 0.05) is 12.0 Å². The second-order valence-electron chi connectivity index (χ2n) is 7.19. The Labute approximate surface area is 163 Å². The number of amides is 1. The molecule has 1 atom stereocenters. The van der Waals surface area contributed by atoms with Gasteiger partial charge in [0.1, 0.15) is 5.72 Å². The highest BCUT2D eigenvalue weighted by Gasteiger charge is 2.26. The van der Waals surface area contributed by atoms with Gasteiger partial charge >= 0.3 is 0 Å². The molecule has 1 amide bonds. The number of rotatable bonds is 8. The van der Waals surface area contributed by atoms with Crippen molar-refractivity contribution >= 4 is 38.4 Å². The lowest BCUT2D eigenvalue weighted by atomic mass is 10.0. The average Bonchev–Trinajstić information content (AvgIpc) is 2.59.